The van der Waals surface area contributed by atoms with Crippen LogP contribution >= 0.6 is 11.6 Å². The summed E-state index contributed by atoms with van der Waals surface area (Å²) in [6.45, 7) is 2.11. The first-order valence-corrected chi connectivity index (χ1v) is 5.78. The van der Waals surface area contributed by atoms with Gasteiger partial charge in [-0.15, -0.1) is 0 Å². The lowest BCUT2D eigenvalue weighted by atomic mass is 10.1. The number of halogens is 1. The van der Waals surface area contributed by atoms with Crippen LogP contribution in [-0.4, -0.2) is 4.98 Å². The molecule has 2 aromatic rings. The molecule has 0 amide bonds. The molecule has 1 heterocycles. The smallest absolute Gasteiger partial charge is 0.147 e. The van der Waals surface area contributed by atoms with Crippen LogP contribution in [-0.2, 0) is 6.42 Å². The molecular weight excluding hydrogens is 232 g/mol. The summed E-state index contributed by atoms with van der Waals surface area (Å²) in [5.74, 6) is 0. The van der Waals surface area contributed by atoms with Gasteiger partial charge in [-0.2, -0.15) is 5.26 Å². The lowest BCUT2D eigenvalue weighted by molar-refractivity contribution is 1.14. The van der Waals surface area contributed by atoms with Gasteiger partial charge in [0, 0.05) is 5.56 Å². The molecule has 0 aliphatic rings. The number of hydrogen-bond donors (Lipinski definition) is 0. The molecule has 17 heavy (non-hydrogen) atoms. The fourth-order valence-corrected chi connectivity index (χ4v) is 1.83. The van der Waals surface area contributed by atoms with Gasteiger partial charge in [-0.25, -0.2) is 4.98 Å². The van der Waals surface area contributed by atoms with Crippen LogP contribution < -0.4 is 0 Å². The summed E-state index contributed by atoms with van der Waals surface area (Å²) in [6, 6.07) is 13.7. The third-order valence-corrected chi connectivity index (χ3v) is 2.89. The molecule has 0 radical (unpaired) electrons. The Labute approximate surface area is 105 Å². The van der Waals surface area contributed by atoms with Crippen molar-refractivity contribution in [3.63, 3.8) is 0 Å². The molecule has 1 aromatic carbocycles. The highest BCUT2D eigenvalue weighted by Gasteiger charge is 2.05. The number of nitrogens with zero attached hydrogens (tertiary/aromatic N) is 2. The molecule has 0 fully saturated rings. The quantitative estimate of drug-likeness (QED) is 0.751. The van der Waals surface area contributed by atoms with E-state index in [1.807, 2.05) is 24.3 Å². The van der Waals surface area contributed by atoms with E-state index in [-0.39, 0.29) is 5.15 Å². The molecular formula is C14H11ClN2. The number of aryl methyl sites for hydroxylation is 1. The molecule has 0 aliphatic heterocycles. The second-order valence-electron chi connectivity index (χ2n) is 3.70. The largest absolute Gasteiger partial charge is 0.235 e. The van der Waals surface area contributed by atoms with Gasteiger partial charge in [0.15, 0.2) is 0 Å². The van der Waals surface area contributed by atoms with E-state index in [2.05, 4.69) is 24.0 Å². The molecule has 0 aliphatic carbocycles. The summed E-state index contributed by atoms with van der Waals surface area (Å²) in [5, 5.41) is 9.04. The Morgan fingerprint density at radius 1 is 1.29 bits per heavy atom. The Kier molecular flexibility index (Phi) is 3.41. The highest BCUT2D eigenvalue weighted by atomic mass is 35.5. The van der Waals surface area contributed by atoms with Gasteiger partial charge in [0.25, 0.3) is 0 Å². The number of aromatic nitrogens is 1. The summed E-state index contributed by atoms with van der Waals surface area (Å²) in [6.07, 6.45) is 0.984. The third kappa shape index (κ3) is 2.46. The van der Waals surface area contributed by atoms with Crippen molar-refractivity contribution < 1.29 is 0 Å². The van der Waals surface area contributed by atoms with Crippen molar-refractivity contribution in [2.45, 2.75) is 13.3 Å². The van der Waals surface area contributed by atoms with E-state index in [9.17, 15) is 0 Å². The predicted molar refractivity (Wildman–Crippen MR) is 68.8 cm³/mol. The molecule has 2 rings (SSSR count). The molecule has 3 heteroatoms. The normalized spacial score (nSPS) is 9.94. The maximum absolute atomic E-state index is 8.79. The van der Waals surface area contributed by atoms with Crippen LogP contribution in [0.5, 0.6) is 0 Å². The zero-order valence-corrected chi connectivity index (χ0v) is 10.2. The highest BCUT2D eigenvalue weighted by Crippen LogP contribution is 2.22. The van der Waals surface area contributed by atoms with Crippen molar-refractivity contribution in [2.24, 2.45) is 0 Å². The lowest BCUT2D eigenvalue weighted by Crippen LogP contribution is -1.89. The van der Waals surface area contributed by atoms with Crippen molar-refractivity contribution in [1.82, 2.24) is 4.98 Å². The highest BCUT2D eigenvalue weighted by molar-refractivity contribution is 6.30. The van der Waals surface area contributed by atoms with Crippen molar-refractivity contribution in [3.8, 4) is 17.3 Å². The van der Waals surface area contributed by atoms with E-state index in [1.165, 1.54) is 5.56 Å². The van der Waals surface area contributed by atoms with E-state index in [0.717, 1.165) is 17.7 Å². The number of pyridine rings is 1. The molecule has 0 saturated carbocycles. The van der Waals surface area contributed by atoms with Gasteiger partial charge in [-0.05, 0) is 30.2 Å². The molecule has 1 aromatic heterocycles. The van der Waals surface area contributed by atoms with E-state index in [1.54, 1.807) is 6.07 Å². The van der Waals surface area contributed by atoms with Crippen molar-refractivity contribution >= 4 is 11.6 Å². The van der Waals surface area contributed by atoms with Crippen molar-refractivity contribution in [2.75, 3.05) is 0 Å². The monoisotopic (exact) mass is 242 g/mol. The van der Waals surface area contributed by atoms with Crippen molar-refractivity contribution in [3.05, 3.63) is 52.7 Å². The van der Waals surface area contributed by atoms with Crippen LogP contribution in [0, 0.1) is 11.3 Å². The maximum Gasteiger partial charge on any atom is 0.147 e. The number of hydrogen-bond acceptors (Lipinski definition) is 2. The first-order chi connectivity index (χ1) is 8.24. The molecule has 0 spiro atoms. The summed E-state index contributed by atoms with van der Waals surface area (Å²) in [4.78, 5) is 4.23. The minimum Gasteiger partial charge on any atom is -0.235 e. The van der Waals surface area contributed by atoms with Gasteiger partial charge in [0.1, 0.15) is 11.2 Å². The second kappa shape index (κ2) is 4.99. The topological polar surface area (TPSA) is 36.7 Å². The van der Waals surface area contributed by atoms with E-state index in [0.29, 0.717) is 5.56 Å². The summed E-state index contributed by atoms with van der Waals surface area (Å²) >= 11 is 5.92. The minimum atomic E-state index is 0.256. The predicted octanol–water partition coefficient (Wildman–Crippen LogP) is 3.84. The zero-order valence-electron chi connectivity index (χ0n) is 9.44. The lowest BCUT2D eigenvalue weighted by Gasteiger charge is -2.04. The Morgan fingerprint density at radius 2 is 2.12 bits per heavy atom. The molecule has 0 atom stereocenters. The van der Waals surface area contributed by atoms with E-state index in [4.69, 9.17) is 16.9 Å². The minimum absolute atomic E-state index is 0.256. The van der Waals surface area contributed by atoms with Crippen LogP contribution in [0.2, 0.25) is 5.15 Å². The number of nitriles is 1. The molecule has 0 saturated heterocycles. The van der Waals surface area contributed by atoms with Gasteiger partial charge in [0.2, 0.25) is 0 Å². The number of rotatable bonds is 2. The molecule has 0 N–H and O–H groups in total. The van der Waals surface area contributed by atoms with Crippen LogP contribution in [0.25, 0.3) is 11.3 Å². The number of benzene rings is 1. The van der Waals surface area contributed by atoms with Gasteiger partial charge in [-0.3, -0.25) is 0 Å². The van der Waals surface area contributed by atoms with Gasteiger partial charge >= 0.3 is 0 Å². The summed E-state index contributed by atoms with van der Waals surface area (Å²) in [5.41, 5.74) is 3.48. The SMILES string of the molecule is CCc1cccc(-c2ccc(C#N)c(Cl)n2)c1. The van der Waals surface area contributed by atoms with Gasteiger partial charge in [0.05, 0.1) is 11.3 Å². The first kappa shape index (κ1) is 11.6. The first-order valence-electron chi connectivity index (χ1n) is 5.40. The summed E-state index contributed by atoms with van der Waals surface area (Å²) < 4.78 is 0. The average Bonchev–Trinajstić information content (AvgIpc) is 2.38. The zero-order chi connectivity index (χ0) is 12.3. The maximum atomic E-state index is 8.79. The standard InChI is InChI=1S/C14H11ClN2/c1-2-10-4-3-5-11(8-10)13-7-6-12(9-16)14(15)17-13/h3-8H,2H2,1H3. The fraction of sp³-hybridized carbons (Fsp3) is 0.143. The van der Waals surface area contributed by atoms with Crippen LogP contribution in [0.3, 0.4) is 0 Å². The molecule has 84 valence electrons. The van der Waals surface area contributed by atoms with Crippen LogP contribution in [0.4, 0.5) is 0 Å². The molecule has 0 bridgehead atoms. The van der Waals surface area contributed by atoms with Gasteiger partial charge < -0.3 is 0 Å². The van der Waals surface area contributed by atoms with Crippen molar-refractivity contribution in [1.29, 1.82) is 5.26 Å². The molecule has 2 nitrogen and oxygen atoms in total. The van der Waals surface area contributed by atoms with Gasteiger partial charge in [-0.1, -0.05) is 36.7 Å². The van der Waals surface area contributed by atoms with Crippen LogP contribution in [0.1, 0.15) is 18.1 Å². The average molecular weight is 243 g/mol. The Hall–Kier alpha value is -1.85. The Bertz CT molecular complexity index is 585. The third-order valence-electron chi connectivity index (χ3n) is 2.60. The van der Waals surface area contributed by atoms with E-state index < -0.39 is 0 Å². The Morgan fingerprint density at radius 3 is 2.76 bits per heavy atom. The second-order valence-corrected chi connectivity index (χ2v) is 4.06. The Balaban J connectivity index is 2.46. The summed E-state index contributed by atoms with van der Waals surface area (Å²) in [7, 11) is 0. The van der Waals surface area contributed by atoms with E-state index >= 15 is 0 Å². The van der Waals surface area contributed by atoms with Crippen LogP contribution in [0.15, 0.2) is 36.4 Å². The molecule has 0 unspecified atom stereocenters. The fourth-order valence-electron chi connectivity index (χ4n) is 1.63.